The average Bonchev–Trinajstić information content (AvgIpc) is 3.46. The van der Waals surface area contributed by atoms with E-state index in [1.165, 1.54) is 0 Å². The molecule has 2 aromatic rings. The fourth-order valence-corrected chi connectivity index (χ4v) is 5.88. The summed E-state index contributed by atoms with van der Waals surface area (Å²) in [6.07, 6.45) is 1.56. The number of para-hydroxylation sites is 1. The quantitative estimate of drug-likeness (QED) is 0.741. The van der Waals surface area contributed by atoms with Gasteiger partial charge in [-0.25, -0.2) is 8.42 Å². The van der Waals surface area contributed by atoms with Crippen molar-refractivity contribution in [3.63, 3.8) is 0 Å². The van der Waals surface area contributed by atoms with Gasteiger partial charge >= 0.3 is 0 Å². The summed E-state index contributed by atoms with van der Waals surface area (Å²) in [6.45, 7) is 2.61. The van der Waals surface area contributed by atoms with Gasteiger partial charge in [0.1, 0.15) is 0 Å². The van der Waals surface area contributed by atoms with Crippen LogP contribution in [0.2, 0.25) is 0 Å². The van der Waals surface area contributed by atoms with Crippen molar-refractivity contribution < 1.29 is 13.2 Å². The number of aromatic nitrogens is 4. The molecule has 5 rings (SSSR count). The lowest BCUT2D eigenvalue weighted by atomic mass is 10.1. The second kappa shape index (κ2) is 6.54. The van der Waals surface area contributed by atoms with Crippen LogP contribution in [0.4, 0.5) is 5.95 Å². The highest BCUT2D eigenvalue weighted by molar-refractivity contribution is 7.90. The van der Waals surface area contributed by atoms with Crippen molar-refractivity contribution in [2.45, 2.75) is 24.1 Å². The zero-order valence-corrected chi connectivity index (χ0v) is 15.7. The molecule has 2 saturated heterocycles. The molecule has 0 spiro atoms. The van der Waals surface area contributed by atoms with Gasteiger partial charge in [0.15, 0.2) is 0 Å². The lowest BCUT2D eigenvalue weighted by molar-refractivity contribution is 0.0840. The fraction of sp³-hybridized carbons (Fsp3) is 0.588. The van der Waals surface area contributed by atoms with E-state index in [1.807, 2.05) is 30.3 Å². The Balaban J connectivity index is 1.49. The van der Waals surface area contributed by atoms with Gasteiger partial charge in [-0.2, -0.15) is 8.99 Å². The molecular formula is C17H22N6O3S. The van der Waals surface area contributed by atoms with Crippen LogP contribution in [0, 0.1) is 5.92 Å². The van der Waals surface area contributed by atoms with Gasteiger partial charge in [0, 0.05) is 25.6 Å². The normalized spacial score (nSPS) is 26.7. The third-order valence-electron chi connectivity index (χ3n) is 5.45. The maximum atomic E-state index is 12.8. The van der Waals surface area contributed by atoms with Crippen LogP contribution in [0.1, 0.15) is 12.8 Å². The number of tetrazole rings is 1. The van der Waals surface area contributed by atoms with Crippen molar-refractivity contribution >= 4 is 16.0 Å². The van der Waals surface area contributed by atoms with E-state index in [2.05, 4.69) is 20.4 Å². The number of sulfonamides is 1. The summed E-state index contributed by atoms with van der Waals surface area (Å²) in [4.78, 5) is 2.12. The number of hydrogen-bond acceptors (Lipinski definition) is 7. The molecule has 2 aliphatic heterocycles. The first kappa shape index (κ1) is 17.1. The molecule has 10 heteroatoms. The van der Waals surface area contributed by atoms with E-state index in [-0.39, 0.29) is 17.2 Å². The summed E-state index contributed by atoms with van der Waals surface area (Å²) in [7, 11) is -3.22. The predicted molar refractivity (Wildman–Crippen MR) is 98.1 cm³/mol. The Kier molecular flexibility index (Phi) is 4.14. The first-order chi connectivity index (χ1) is 13.1. The van der Waals surface area contributed by atoms with E-state index in [0.717, 1.165) is 18.5 Å². The maximum Gasteiger partial charge on any atom is 0.250 e. The van der Waals surface area contributed by atoms with E-state index in [1.54, 1.807) is 8.99 Å². The summed E-state index contributed by atoms with van der Waals surface area (Å²) in [5.41, 5.74) is 0.875. The van der Waals surface area contributed by atoms with Crippen LogP contribution >= 0.6 is 0 Å². The molecule has 0 radical (unpaired) electrons. The first-order valence-corrected chi connectivity index (χ1v) is 10.8. The third kappa shape index (κ3) is 3.11. The number of fused-ring (bicyclic) bond motifs is 3. The standard InChI is InChI=1S/C17H22N6O3S/c24-27(25,16-6-7-16)21-8-13-9-22(15(10-21)12-26-11-13)17-18-19-20-23(17)14-4-2-1-3-5-14/h1-5,13,15-16H,6-12H2/t13-,15-/m0/s1. The van der Waals surface area contributed by atoms with Gasteiger partial charge in [-0.1, -0.05) is 23.3 Å². The lowest BCUT2D eigenvalue weighted by Gasteiger charge is -2.30. The molecule has 2 bridgehead atoms. The van der Waals surface area contributed by atoms with Crippen LogP contribution < -0.4 is 4.90 Å². The van der Waals surface area contributed by atoms with Crippen LogP contribution in [0.5, 0.6) is 0 Å². The summed E-state index contributed by atoms with van der Waals surface area (Å²) in [6, 6.07) is 9.61. The van der Waals surface area contributed by atoms with Crippen LogP contribution in [0.15, 0.2) is 30.3 Å². The largest absolute Gasteiger partial charge is 0.379 e. The first-order valence-electron chi connectivity index (χ1n) is 9.30. The molecule has 1 aromatic carbocycles. The zero-order chi connectivity index (χ0) is 18.4. The van der Waals surface area contributed by atoms with Crippen LogP contribution in [-0.2, 0) is 14.8 Å². The van der Waals surface area contributed by atoms with Crippen molar-refractivity contribution in [1.29, 1.82) is 0 Å². The molecule has 27 heavy (non-hydrogen) atoms. The Morgan fingerprint density at radius 2 is 1.85 bits per heavy atom. The van der Waals surface area contributed by atoms with Crippen LogP contribution in [0.3, 0.4) is 0 Å². The molecule has 0 unspecified atom stereocenters. The Hall–Kier alpha value is -2.04. The SMILES string of the molecule is O=S(=O)(C1CC1)N1C[C@@H]2COC[C@H](C1)N(c1nnnn1-c1ccccc1)C2. The summed E-state index contributed by atoms with van der Waals surface area (Å²) >= 11 is 0. The molecule has 0 N–H and O–H groups in total. The van der Waals surface area contributed by atoms with Gasteiger partial charge in [-0.15, -0.1) is 0 Å². The molecule has 3 aliphatic rings. The van der Waals surface area contributed by atoms with Gasteiger partial charge in [0.25, 0.3) is 5.95 Å². The molecule has 1 saturated carbocycles. The third-order valence-corrected chi connectivity index (χ3v) is 7.78. The number of nitrogens with zero attached hydrogens (tertiary/aromatic N) is 6. The van der Waals surface area contributed by atoms with E-state index < -0.39 is 10.0 Å². The van der Waals surface area contributed by atoms with Gasteiger partial charge in [0.05, 0.1) is 30.2 Å². The smallest absolute Gasteiger partial charge is 0.250 e. The van der Waals surface area contributed by atoms with Gasteiger partial charge < -0.3 is 9.64 Å². The number of ether oxygens (including phenoxy) is 1. The fourth-order valence-electron chi connectivity index (χ4n) is 3.93. The molecule has 0 amide bonds. The Labute approximate surface area is 157 Å². The average molecular weight is 390 g/mol. The molecular weight excluding hydrogens is 368 g/mol. The highest BCUT2D eigenvalue weighted by Gasteiger charge is 2.45. The zero-order valence-electron chi connectivity index (χ0n) is 14.9. The van der Waals surface area contributed by atoms with E-state index in [0.29, 0.717) is 38.8 Å². The second-order valence-corrected chi connectivity index (χ2v) is 9.71. The van der Waals surface area contributed by atoms with Crippen molar-refractivity contribution in [3.8, 4) is 5.69 Å². The molecule has 2 atom stereocenters. The lowest BCUT2D eigenvalue weighted by Crippen LogP contribution is -2.47. The minimum Gasteiger partial charge on any atom is -0.379 e. The summed E-state index contributed by atoms with van der Waals surface area (Å²) in [5.74, 6) is 0.722. The molecule has 1 aromatic heterocycles. The van der Waals surface area contributed by atoms with Gasteiger partial charge in [-0.05, 0) is 35.4 Å². The molecule has 3 fully saturated rings. The Morgan fingerprint density at radius 1 is 1.04 bits per heavy atom. The molecule has 1 aliphatic carbocycles. The van der Waals surface area contributed by atoms with E-state index in [9.17, 15) is 8.42 Å². The minimum absolute atomic E-state index is 0.0898. The number of anilines is 1. The van der Waals surface area contributed by atoms with Gasteiger partial charge in [-0.3, -0.25) is 0 Å². The molecule has 144 valence electrons. The van der Waals surface area contributed by atoms with Crippen molar-refractivity contribution in [3.05, 3.63) is 30.3 Å². The predicted octanol–water partition coefficient (Wildman–Crippen LogP) is 0.292. The van der Waals surface area contributed by atoms with Crippen molar-refractivity contribution in [2.24, 2.45) is 5.92 Å². The van der Waals surface area contributed by atoms with Crippen LogP contribution in [-0.4, -0.2) is 77.1 Å². The Bertz CT molecular complexity index is 914. The van der Waals surface area contributed by atoms with Gasteiger partial charge in [0.2, 0.25) is 10.0 Å². The Morgan fingerprint density at radius 3 is 2.63 bits per heavy atom. The summed E-state index contributed by atoms with van der Waals surface area (Å²) < 4.78 is 34.9. The topological polar surface area (TPSA) is 93.4 Å². The minimum atomic E-state index is -3.22. The molecule has 9 nitrogen and oxygen atoms in total. The number of benzene rings is 1. The molecule has 3 heterocycles. The number of rotatable bonds is 4. The maximum absolute atomic E-state index is 12.8. The summed E-state index contributed by atoms with van der Waals surface area (Å²) in [5, 5.41) is 12.1. The monoisotopic (exact) mass is 390 g/mol. The highest BCUT2D eigenvalue weighted by atomic mass is 32.2. The highest BCUT2D eigenvalue weighted by Crippen LogP contribution is 2.34. The number of hydrogen-bond donors (Lipinski definition) is 0. The second-order valence-electron chi connectivity index (χ2n) is 7.50. The van der Waals surface area contributed by atoms with E-state index in [4.69, 9.17) is 4.74 Å². The van der Waals surface area contributed by atoms with Crippen molar-refractivity contribution in [2.75, 3.05) is 37.7 Å². The van der Waals surface area contributed by atoms with Crippen LogP contribution in [0.25, 0.3) is 5.69 Å². The van der Waals surface area contributed by atoms with E-state index >= 15 is 0 Å². The van der Waals surface area contributed by atoms with Crippen molar-refractivity contribution in [1.82, 2.24) is 24.5 Å².